The number of para-hydroxylation sites is 1. The Bertz CT molecular complexity index is 956. The number of rotatable bonds is 5. The van der Waals surface area contributed by atoms with Gasteiger partial charge in [0.1, 0.15) is 13.2 Å². The molecule has 2 heterocycles. The lowest BCUT2D eigenvalue weighted by atomic mass is 10.1. The fourth-order valence-corrected chi connectivity index (χ4v) is 3.18. The smallest absolute Gasteiger partial charge is 0.254 e. The maximum atomic E-state index is 12.3. The first kappa shape index (κ1) is 17.4. The molecule has 0 spiro atoms. The van der Waals surface area contributed by atoms with Crippen LogP contribution in [0.3, 0.4) is 0 Å². The molecular formula is C20H18ClN3O3. The average molecular weight is 384 g/mol. The molecule has 0 radical (unpaired) electrons. The van der Waals surface area contributed by atoms with Crippen molar-refractivity contribution in [1.82, 2.24) is 15.1 Å². The largest absolute Gasteiger partial charge is 0.486 e. The monoisotopic (exact) mass is 383 g/mol. The van der Waals surface area contributed by atoms with Crippen molar-refractivity contribution in [3.8, 4) is 17.2 Å². The van der Waals surface area contributed by atoms with Gasteiger partial charge in [0.2, 0.25) is 0 Å². The van der Waals surface area contributed by atoms with E-state index < -0.39 is 0 Å². The van der Waals surface area contributed by atoms with Crippen molar-refractivity contribution < 1.29 is 14.3 Å². The zero-order valence-corrected chi connectivity index (χ0v) is 15.3. The average Bonchev–Trinajstić information content (AvgIpc) is 3.19. The van der Waals surface area contributed by atoms with Gasteiger partial charge in [-0.2, -0.15) is 5.10 Å². The number of halogens is 1. The van der Waals surface area contributed by atoms with Crippen LogP contribution in [0.5, 0.6) is 11.5 Å². The van der Waals surface area contributed by atoms with Gasteiger partial charge >= 0.3 is 0 Å². The molecule has 1 N–H and O–H groups in total. The van der Waals surface area contributed by atoms with Crippen LogP contribution in [0.2, 0.25) is 5.02 Å². The van der Waals surface area contributed by atoms with Gasteiger partial charge in [-0.05, 0) is 36.2 Å². The molecule has 2 aromatic carbocycles. The Labute approximate surface area is 161 Å². The molecule has 7 heteroatoms. The Morgan fingerprint density at radius 2 is 2.00 bits per heavy atom. The van der Waals surface area contributed by atoms with E-state index in [2.05, 4.69) is 10.4 Å². The molecule has 1 aromatic heterocycles. The summed E-state index contributed by atoms with van der Waals surface area (Å²) in [7, 11) is 0. The second kappa shape index (κ2) is 7.72. The lowest BCUT2D eigenvalue weighted by Gasteiger charge is -2.20. The van der Waals surface area contributed by atoms with Crippen molar-refractivity contribution >= 4 is 17.5 Å². The highest BCUT2D eigenvalue weighted by Gasteiger charge is 2.16. The molecule has 1 amide bonds. The highest BCUT2D eigenvalue weighted by Crippen LogP contribution is 2.38. The summed E-state index contributed by atoms with van der Waals surface area (Å²) in [5.41, 5.74) is 2.39. The van der Waals surface area contributed by atoms with Crippen LogP contribution in [0.4, 0.5) is 0 Å². The van der Waals surface area contributed by atoms with Crippen molar-refractivity contribution in [1.29, 1.82) is 0 Å². The summed E-state index contributed by atoms with van der Waals surface area (Å²) in [6.45, 7) is 1.49. The highest BCUT2D eigenvalue weighted by atomic mass is 35.5. The molecule has 0 fully saturated rings. The first-order chi connectivity index (χ1) is 13.2. The van der Waals surface area contributed by atoms with Gasteiger partial charge in [0.15, 0.2) is 11.5 Å². The van der Waals surface area contributed by atoms with Crippen LogP contribution in [-0.2, 0) is 6.42 Å². The van der Waals surface area contributed by atoms with Gasteiger partial charge in [-0.25, -0.2) is 4.68 Å². The van der Waals surface area contributed by atoms with Crippen molar-refractivity contribution in [2.75, 3.05) is 19.8 Å². The third-order valence-corrected chi connectivity index (χ3v) is 4.50. The van der Waals surface area contributed by atoms with Crippen LogP contribution in [0.25, 0.3) is 5.69 Å². The summed E-state index contributed by atoms with van der Waals surface area (Å²) < 4.78 is 12.8. The van der Waals surface area contributed by atoms with E-state index in [9.17, 15) is 4.79 Å². The van der Waals surface area contributed by atoms with Gasteiger partial charge in [-0.3, -0.25) is 4.79 Å². The Balaban J connectivity index is 1.36. The number of ether oxygens (including phenoxy) is 2. The molecular weight excluding hydrogens is 366 g/mol. The SMILES string of the molecule is O=C(NCCc1cc(Cl)c2c(c1)OCCO2)c1cnn(-c2ccccc2)c1. The van der Waals surface area contributed by atoms with E-state index in [1.807, 2.05) is 42.5 Å². The van der Waals surface area contributed by atoms with E-state index in [1.54, 1.807) is 17.1 Å². The van der Waals surface area contributed by atoms with Crippen LogP contribution in [-0.4, -0.2) is 35.4 Å². The molecule has 0 unspecified atom stereocenters. The third-order valence-electron chi connectivity index (χ3n) is 4.22. The van der Waals surface area contributed by atoms with Crippen LogP contribution in [0.15, 0.2) is 54.9 Å². The summed E-state index contributed by atoms with van der Waals surface area (Å²) in [5.74, 6) is 1.07. The standard InChI is InChI=1S/C20H18ClN3O3/c21-17-10-14(11-18-19(17)27-9-8-26-18)6-7-22-20(25)15-12-23-24(13-15)16-4-2-1-3-5-16/h1-5,10-13H,6-9H2,(H,22,25). The maximum Gasteiger partial charge on any atom is 0.254 e. The minimum Gasteiger partial charge on any atom is -0.486 e. The molecule has 27 heavy (non-hydrogen) atoms. The number of nitrogens with zero attached hydrogens (tertiary/aromatic N) is 2. The summed E-state index contributed by atoms with van der Waals surface area (Å²) in [6, 6.07) is 13.4. The molecule has 0 saturated heterocycles. The van der Waals surface area contributed by atoms with E-state index in [-0.39, 0.29) is 5.91 Å². The van der Waals surface area contributed by atoms with E-state index in [1.165, 1.54) is 0 Å². The third kappa shape index (κ3) is 3.90. The normalized spacial score (nSPS) is 12.6. The zero-order chi connectivity index (χ0) is 18.6. The molecule has 0 bridgehead atoms. The van der Waals surface area contributed by atoms with E-state index >= 15 is 0 Å². The molecule has 0 aliphatic carbocycles. The van der Waals surface area contributed by atoms with Crippen molar-refractivity contribution in [2.24, 2.45) is 0 Å². The van der Waals surface area contributed by atoms with Gasteiger partial charge in [0.05, 0.1) is 22.5 Å². The topological polar surface area (TPSA) is 65.4 Å². The van der Waals surface area contributed by atoms with Gasteiger partial charge in [-0.15, -0.1) is 0 Å². The quantitative estimate of drug-likeness (QED) is 0.734. The number of carbonyl (C=O) groups excluding carboxylic acids is 1. The lowest BCUT2D eigenvalue weighted by molar-refractivity contribution is 0.0954. The molecule has 1 aliphatic rings. The Morgan fingerprint density at radius 3 is 2.85 bits per heavy atom. The molecule has 1 aliphatic heterocycles. The maximum absolute atomic E-state index is 12.3. The Hall–Kier alpha value is -2.99. The van der Waals surface area contributed by atoms with Crippen LogP contribution < -0.4 is 14.8 Å². The van der Waals surface area contributed by atoms with E-state index in [0.29, 0.717) is 48.3 Å². The number of hydrogen-bond donors (Lipinski definition) is 1. The molecule has 3 aromatic rings. The molecule has 4 rings (SSSR count). The fraction of sp³-hybridized carbons (Fsp3) is 0.200. The van der Waals surface area contributed by atoms with Crippen molar-refractivity contribution in [3.63, 3.8) is 0 Å². The first-order valence-electron chi connectivity index (χ1n) is 8.67. The molecule has 138 valence electrons. The van der Waals surface area contributed by atoms with Gasteiger partial charge in [0.25, 0.3) is 5.91 Å². The summed E-state index contributed by atoms with van der Waals surface area (Å²) in [5, 5.41) is 7.67. The van der Waals surface area contributed by atoms with Gasteiger partial charge < -0.3 is 14.8 Å². The lowest BCUT2D eigenvalue weighted by Crippen LogP contribution is -2.25. The minimum atomic E-state index is -0.166. The summed E-state index contributed by atoms with van der Waals surface area (Å²) >= 11 is 6.24. The van der Waals surface area contributed by atoms with Crippen molar-refractivity contribution in [3.05, 3.63) is 71.0 Å². The van der Waals surface area contributed by atoms with Gasteiger partial charge in [0, 0.05) is 12.7 Å². The fourth-order valence-electron chi connectivity index (χ4n) is 2.89. The Kier molecular flexibility index (Phi) is 4.98. The zero-order valence-electron chi connectivity index (χ0n) is 14.5. The second-order valence-corrected chi connectivity index (χ2v) is 6.52. The molecule has 0 saturated carbocycles. The molecule has 0 atom stereocenters. The van der Waals surface area contributed by atoms with E-state index in [4.69, 9.17) is 21.1 Å². The number of benzene rings is 2. The minimum absolute atomic E-state index is 0.166. The summed E-state index contributed by atoms with van der Waals surface area (Å²) in [4.78, 5) is 12.3. The predicted octanol–water partition coefficient (Wildman–Crippen LogP) is 3.27. The number of amides is 1. The second-order valence-electron chi connectivity index (χ2n) is 6.12. The van der Waals surface area contributed by atoms with Crippen LogP contribution >= 0.6 is 11.6 Å². The number of aromatic nitrogens is 2. The molecule has 6 nitrogen and oxygen atoms in total. The van der Waals surface area contributed by atoms with Gasteiger partial charge in [-0.1, -0.05) is 29.8 Å². The van der Waals surface area contributed by atoms with Crippen LogP contribution in [0, 0.1) is 0 Å². The number of nitrogens with one attached hydrogen (secondary N) is 1. The summed E-state index contributed by atoms with van der Waals surface area (Å²) in [6.07, 6.45) is 3.91. The number of fused-ring (bicyclic) bond motifs is 1. The van der Waals surface area contributed by atoms with E-state index in [0.717, 1.165) is 11.3 Å². The van der Waals surface area contributed by atoms with Crippen LogP contribution in [0.1, 0.15) is 15.9 Å². The number of hydrogen-bond acceptors (Lipinski definition) is 4. The first-order valence-corrected chi connectivity index (χ1v) is 9.05. The number of carbonyl (C=O) groups is 1. The van der Waals surface area contributed by atoms with Crippen molar-refractivity contribution in [2.45, 2.75) is 6.42 Å². The Morgan fingerprint density at radius 1 is 1.19 bits per heavy atom. The highest BCUT2D eigenvalue weighted by molar-refractivity contribution is 6.32. The predicted molar refractivity (Wildman–Crippen MR) is 102 cm³/mol.